The van der Waals surface area contributed by atoms with Crippen molar-refractivity contribution in [2.24, 2.45) is 0 Å². The number of rotatable bonds is 8. The van der Waals surface area contributed by atoms with E-state index in [1.165, 1.54) is 40.7 Å². The molecule has 0 radical (unpaired) electrons. The zero-order valence-corrected chi connectivity index (χ0v) is 15.3. The van der Waals surface area contributed by atoms with Crippen LogP contribution >= 0.6 is 0 Å². The van der Waals surface area contributed by atoms with Crippen molar-refractivity contribution in [2.75, 3.05) is 6.54 Å². The van der Waals surface area contributed by atoms with Crippen molar-refractivity contribution in [2.45, 2.75) is 37.6 Å². The van der Waals surface area contributed by atoms with Gasteiger partial charge in [-0.25, -0.2) is 17.2 Å². The molecule has 0 amide bonds. The van der Waals surface area contributed by atoms with E-state index in [1.807, 2.05) is 6.92 Å². The van der Waals surface area contributed by atoms with Crippen LogP contribution < -0.4 is 0 Å². The average Bonchev–Trinajstić information content (AvgIpc) is 2.62. The molecule has 0 aliphatic rings. The Morgan fingerprint density at radius 1 is 1.08 bits per heavy atom. The highest BCUT2D eigenvalue weighted by Crippen LogP contribution is 2.24. The molecule has 0 aliphatic heterocycles. The molecule has 0 atom stereocenters. The normalized spacial score (nSPS) is 11.5. The van der Waals surface area contributed by atoms with E-state index in [2.05, 4.69) is 0 Å². The van der Waals surface area contributed by atoms with E-state index in [4.69, 9.17) is 5.26 Å². The third-order valence-corrected chi connectivity index (χ3v) is 5.88. The van der Waals surface area contributed by atoms with Crippen molar-refractivity contribution in [3.8, 4) is 6.07 Å². The van der Waals surface area contributed by atoms with Crippen LogP contribution in [0.2, 0.25) is 0 Å². The molecule has 0 saturated heterocycles. The Bertz CT molecular complexity index is 891. The third kappa shape index (κ3) is 4.65. The second kappa shape index (κ2) is 8.88. The highest BCUT2D eigenvalue weighted by atomic mass is 32.2. The SMILES string of the molecule is CCCCCN(Cc1ccc(F)cc1)S(=O)(=O)c1cccc(F)c1C#N. The molecule has 2 rings (SSSR count). The van der Waals surface area contributed by atoms with Crippen molar-refractivity contribution in [1.29, 1.82) is 5.26 Å². The van der Waals surface area contributed by atoms with Crippen LogP contribution in [0.15, 0.2) is 47.4 Å². The summed E-state index contributed by atoms with van der Waals surface area (Å²) >= 11 is 0. The summed E-state index contributed by atoms with van der Waals surface area (Å²) in [6.45, 7) is 2.25. The largest absolute Gasteiger partial charge is 0.244 e. The van der Waals surface area contributed by atoms with Crippen LogP contribution in [-0.4, -0.2) is 19.3 Å². The smallest absolute Gasteiger partial charge is 0.207 e. The molecule has 0 aliphatic carbocycles. The standard InChI is InChI=1S/C19H20F2N2O2S/c1-2-3-4-12-23(14-15-8-10-16(20)11-9-15)26(24,25)19-7-5-6-18(21)17(19)13-22/h5-11H,2-4,12,14H2,1H3. The Morgan fingerprint density at radius 2 is 1.77 bits per heavy atom. The van der Waals surface area contributed by atoms with Gasteiger partial charge in [-0.15, -0.1) is 0 Å². The lowest BCUT2D eigenvalue weighted by Gasteiger charge is -2.23. The summed E-state index contributed by atoms with van der Waals surface area (Å²) < 4.78 is 54.3. The van der Waals surface area contributed by atoms with E-state index >= 15 is 0 Å². The van der Waals surface area contributed by atoms with Gasteiger partial charge in [-0.3, -0.25) is 0 Å². The fourth-order valence-electron chi connectivity index (χ4n) is 2.58. The lowest BCUT2D eigenvalue weighted by molar-refractivity contribution is 0.393. The zero-order valence-electron chi connectivity index (χ0n) is 14.5. The number of hydrogen-bond acceptors (Lipinski definition) is 3. The third-order valence-electron chi connectivity index (χ3n) is 3.99. The van der Waals surface area contributed by atoms with Crippen molar-refractivity contribution < 1.29 is 17.2 Å². The summed E-state index contributed by atoms with van der Waals surface area (Å²) in [5.74, 6) is -1.28. The van der Waals surface area contributed by atoms with E-state index in [-0.39, 0.29) is 18.0 Å². The number of unbranched alkanes of at least 4 members (excludes halogenated alkanes) is 2. The number of sulfonamides is 1. The summed E-state index contributed by atoms with van der Waals surface area (Å²) in [6.07, 6.45) is 2.38. The minimum absolute atomic E-state index is 0.0215. The number of nitrogens with zero attached hydrogens (tertiary/aromatic N) is 2. The van der Waals surface area contributed by atoms with Crippen molar-refractivity contribution in [3.63, 3.8) is 0 Å². The Balaban J connectivity index is 2.41. The lowest BCUT2D eigenvalue weighted by Crippen LogP contribution is -2.32. The van der Waals surface area contributed by atoms with Gasteiger partial charge in [-0.05, 0) is 36.2 Å². The molecule has 4 nitrogen and oxygen atoms in total. The molecule has 2 aromatic rings. The Kier molecular flexibility index (Phi) is 6.83. The highest BCUT2D eigenvalue weighted by molar-refractivity contribution is 7.89. The second-order valence-electron chi connectivity index (χ2n) is 5.90. The van der Waals surface area contributed by atoms with Gasteiger partial charge in [-0.2, -0.15) is 9.57 Å². The first kappa shape index (κ1) is 20.0. The van der Waals surface area contributed by atoms with Crippen LogP contribution in [0.25, 0.3) is 0 Å². The Hall–Kier alpha value is -2.30. The predicted molar refractivity (Wildman–Crippen MR) is 94.6 cm³/mol. The van der Waals surface area contributed by atoms with Crippen molar-refractivity contribution in [1.82, 2.24) is 4.31 Å². The first-order valence-electron chi connectivity index (χ1n) is 8.33. The molecule has 0 unspecified atom stereocenters. The first-order valence-corrected chi connectivity index (χ1v) is 9.77. The molecule has 138 valence electrons. The maximum absolute atomic E-state index is 13.9. The van der Waals surface area contributed by atoms with Gasteiger partial charge in [0.05, 0.1) is 0 Å². The molecule has 0 saturated carbocycles. The molecule has 7 heteroatoms. The minimum atomic E-state index is -4.08. The molecule has 0 N–H and O–H groups in total. The molecule has 0 fully saturated rings. The van der Waals surface area contributed by atoms with Gasteiger partial charge in [0.2, 0.25) is 10.0 Å². The quantitative estimate of drug-likeness (QED) is 0.646. The maximum Gasteiger partial charge on any atom is 0.244 e. The number of benzene rings is 2. The van der Waals surface area contributed by atoms with Crippen LogP contribution in [0.3, 0.4) is 0 Å². The number of halogens is 2. The Labute approximate surface area is 152 Å². The van der Waals surface area contributed by atoms with Gasteiger partial charge in [0.25, 0.3) is 0 Å². The Morgan fingerprint density at radius 3 is 2.38 bits per heavy atom. The summed E-state index contributed by atoms with van der Waals surface area (Å²) in [5, 5.41) is 9.16. The summed E-state index contributed by atoms with van der Waals surface area (Å²) in [6, 6.07) is 10.7. The first-order chi connectivity index (χ1) is 12.4. The van der Waals surface area contributed by atoms with Crippen LogP contribution in [0, 0.1) is 23.0 Å². The number of hydrogen-bond donors (Lipinski definition) is 0. The molecule has 0 aromatic heterocycles. The molecular weight excluding hydrogens is 358 g/mol. The van der Waals surface area contributed by atoms with Crippen molar-refractivity contribution >= 4 is 10.0 Å². The molecule has 0 heterocycles. The topological polar surface area (TPSA) is 61.2 Å². The second-order valence-corrected chi connectivity index (χ2v) is 7.80. The average molecular weight is 378 g/mol. The minimum Gasteiger partial charge on any atom is -0.207 e. The highest BCUT2D eigenvalue weighted by Gasteiger charge is 2.28. The van der Waals surface area contributed by atoms with Crippen molar-refractivity contribution in [3.05, 3.63) is 65.2 Å². The van der Waals surface area contributed by atoms with Crippen LogP contribution in [0.5, 0.6) is 0 Å². The van der Waals surface area contributed by atoms with Gasteiger partial charge in [-0.1, -0.05) is 38.0 Å². The van der Waals surface area contributed by atoms with E-state index in [9.17, 15) is 17.2 Å². The molecule has 0 bridgehead atoms. The van der Waals surface area contributed by atoms with Gasteiger partial charge < -0.3 is 0 Å². The van der Waals surface area contributed by atoms with E-state index in [0.717, 1.165) is 18.9 Å². The summed E-state index contributed by atoms with van der Waals surface area (Å²) in [7, 11) is -4.08. The van der Waals surface area contributed by atoms with Crippen LogP contribution in [-0.2, 0) is 16.6 Å². The number of nitriles is 1. The summed E-state index contributed by atoms with van der Waals surface area (Å²) in [4.78, 5) is -0.349. The summed E-state index contributed by atoms with van der Waals surface area (Å²) in [5.41, 5.74) is 0.119. The van der Waals surface area contributed by atoms with Gasteiger partial charge in [0.15, 0.2) is 0 Å². The van der Waals surface area contributed by atoms with Crippen LogP contribution in [0.1, 0.15) is 37.3 Å². The maximum atomic E-state index is 13.9. The van der Waals surface area contributed by atoms with Gasteiger partial charge >= 0.3 is 0 Å². The molecule has 0 spiro atoms. The fraction of sp³-hybridized carbons (Fsp3) is 0.316. The van der Waals surface area contributed by atoms with Gasteiger partial charge in [0.1, 0.15) is 28.2 Å². The van der Waals surface area contributed by atoms with E-state index in [1.54, 1.807) is 6.07 Å². The van der Waals surface area contributed by atoms with Gasteiger partial charge in [0, 0.05) is 13.1 Å². The molecular formula is C19H20F2N2O2S. The fourth-order valence-corrected chi connectivity index (χ4v) is 4.20. The zero-order chi connectivity index (χ0) is 19.2. The predicted octanol–water partition coefficient (Wildman–Crippen LogP) is 4.22. The molecule has 2 aromatic carbocycles. The van der Waals surface area contributed by atoms with E-state index < -0.39 is 27.2 Å². The molecule has 26 heavy (non-hydrogen) atoms. The lowest BCUT2D eigenvalue weighted by atomic mass is 10.2. The van der Waals surface area contributed by atoms with E-state index in [0.29, 0.717) is 12.0 Å². The monoisotopic (exact) mass is 378 g/mol. The van der Waals surface area contributed by atoms with Crippen LogP contribution in [0.4, 0.5) is 8.78 Å².